The Morgan fingerprint density at radius 1 is 1.08 bits per heavy atom. The lowest BCUT2D eigenvalue weighted by atomic mass is 9.93. The number of carbonyl (C=O) groups excluding carboxylic acids is 1. The molecule has 1 N–H and O–H groups in total. The summed E-state index contributed by atoms with van der Waals surface area (Å²) in [4.78, 5) is 28.1. The highest BCUT2D eigenvalue weighted by Gasteiger charge is 2.32. The van der Waals surface area contributed by atoms with Gasteiger partial charge in [-0.15, -0.1) is 0 Å². The summed E-state index contributed by atoms with van der Waals surface area (Å²) < 4.78 is 36.8. The highest BCUT2D eigenvalue weighted by Crippen LogP contribution is 2.41. The van der Waals surface area contributed by atoms with E-state index in [1.807, 2.05) is 16.9 Å². The van der Waals surface area contributed by atoms with Crippen molar-refractivity contribution in [2.24, 2.45) is 5.41 Å². The standard InChI is InChI=1S/C28H28F2N6O3/c1-28(2)11-12-34(16-28)25-18-14-35(17-10-13-39-15-17)32-21(18)6-7-22(25)31-27(38)23-8-9-24(37)36(33-23)26-19(29)4-3-5-20(26)30/h3-9,14,17H,10-13,15-16H2,1-2H3,(H,31,38)/t17-/m1/s1. The maximum absolute atomic E-state index is 14.4. The molecule has 2 saturated heterocycles. The van der Waals surface area contributed by atoms with Crippen molar-refractivity contribution in [2.75, 3.05) is 36.5 Å². The zero-order valence-electron chi connectivity index (χ0n) is 21.7. The first-order valence-electron chi connectivity index (χ1n) is 12.9. The Hall–Kier alpha value is -4.12. The van der Waals surface area contributed by atoms with Gasteiger partial charge in [0.05, 0.1) is 29.5 Å². The van der Waals surface area contributed by atoms with Crippen LogP contribution in [0, 0.1) is 17.0 Å². The van der Waals surface area contributed by atoms with Gasteiger partial charge in [-0.3, -0.25) is 14.3 Å². The topological polar surface area (TPSA) is 94.3 Å². The van der Waals surface area contributed by atoms with Gasteiger partial charge in [-0.2, -0.15) is 14.9 Å². The van der Waals surface area contributed by atoms with Crippen LogP contribution in [0.25, 0.3) is 16.6 Å². The quantitative estimate of drug-likeness (QED) is 0.410. The van der Waals surface area contributed by atoms with E-state index in [1.165, 1.54) is 12.1 Å². The Balaban J connectivity index is 1.39. The first kappa shape index (κ1) is 25.2. The molecule has 2 aromatic carbocycles. The van der Waals surface area contributed by atoms with Crippen LogP contribution in [0.4, 0.5) is 20.2 Å². The number of rotatable bonds is 5. The fraction of sp³-hybridized carbons (Fsp3) is 0.357. The molecule has 0 aliphatic carbocycles. The van der Waals surface area contributed by atoms with E-state index in [4.69, 9.17) is 9.84 Å². The molecule has 2 aliphatic rings. The van der Waals surface area contributed by atoms with E-state index < -0.39 is 28.8 Å². The second kappa shape index (κ2) is 9.57. The van der Waals surface area contributed by atoms with Crippen LogP contribution in [0.1, 0.15) is 43.2 Å². The number of anilines is 2. The molecule has 1 amide bonds. The molecule has 4 heterocycles. The van der Waals surface area contributed by atoms with Crippen molar-refractivity contribution in [2.45, 2.75) is 32.7 Å². The van der Waals surface area contributed by atoms with Gasteiger partial charge in [0.2, 0.25) is 0 Å². The minimum Gasteiger partial charge on any atom is -0.379 e. The van der Waals surface area contributed by atoms with Gasteiger partial charge in [-0.05, 0) is 48.6 Å². The smallest absolute Gasteiger partial charge is 0.276 e. The van der Waals surface area contributed by atoms with Gasteiger partial charge in [-0.1, -0.05) is 19.9 Å². The minimum atomic E-state index is -0.962. The maximum atomic E-state index is 14.4. The monoisotopic (exact) mass is 534 g/mol. The highest BCUT2D eigenvalue weighted by atomic mass is 19.1. The van der Waals surface area contributed by atoms with E-state index in [0.29, 0.717) is 23.6 Å². The van der Waals surface area contributed by atoms with Crippen molar-refractivity contribution in [3.8, 4) is 5.69 Å². The van der Waals surface area contributed by atoms with Crippen LogP contribution in [0.3, 0.4) is 0 Å². The predicted molar refractivity (Wildman–Crippen MR) is 143 cm³/mol. The molecular weight excluding hydrogens is 506 g/mol. The average molecular weight is 535 g/mol. The summed E-state index contributed by atoms with van der Waals surface area (Å²) in [6, 6.07) is 9.35. The zero-order chi connectivity index (χ0) is 27.3. The number of halogens is 2. The van der Waals surface area contributed by atoms with Crippen LogP contribution < -0.4 is 15.8 Å². The van der Waals surface area contributed by atoms with Crippen molar-refractivity contribution < 1.29 is 18.3 Å². The zero-order valence-corrected chi connectivity index (χ0v) is 21.7. The van der Waals surface area contributed by atoms with Gasteiger partial charge in [0.15, 0.2) is 11.6 Å². The lowest BCUT2D eigenvalue weighted by molar-refractivity contribution is 0.102. The normalized spacial score (nSPS) is 18.7. The summed E-state index contributed by atoms with van der Waals surface area (Å²) >= 11 is 0. The predicted octanol–water partition coefficient (Wildman–Crippen LogP) is 4.31. The lowest BCUT2D eigenvalue weighted by Crippen LogP contribution is -2.27. The molecule has 0 radical (unpaired) electrons. The average Bonchev–Trinajstić information content (AvgIpc) is 3.64. The highest BCUT2D eigenvalue weighted by molar-refractivity contribution is 6.08. The fourth-order valence-corrected chi connectivity index (χ4v) is 5.33. The fourth-order valence-electron chi connectivity index (χ4n) is 5.33. The van der Waals surface area contributed by atoms with E-state index in [9.17, 15) is 18.4 Å². The number of benzene rings is 2. The number of amides is 1. The Morgan fingerprint density at radius 3 is 2.56 bits per heavy atom. The summed E-state index contributed by atoms with van der Waals surface area (Å²) in [7, 11) is 0. The minimum absolute atomic E-state index is 0.0968. The Bertz CT molecular complexity index is 1620. The van der Waals surface area contributed by atoms with E-state index in [1.54, 1.807) is 6.07 Å². The number of nitrogens with one attached hydrogen (secondary N) is 1. The van der Waals surface area contributed by atoms with Crippen molar-refractivity contribution in [3.63, 3.8) is 0 Å². The first-order chi connectivity index (χ1) is 18.7. The van der Waals surface area contributed by atoms with Gasteiger partial charge in [-0.25, -0.2) is 8.78 Å². The maximum Gasteiger partial charge on any atom is 0.276 e. The Morgan fingerprint density at radius 2 is 1.87 bits per heavy atom. The molecule has 11 heteroatoms. The van der Waals surface area contributed by atoms with Crippen molar-refractivity contribution in [1.82, 2.24) is 19.6 Å². The first-order valence-corrected chi connectivity index (χ1v) is 12.9. The van der Waals surface area contributed by atoms with Crippen LogP contribution in [0.5, 0.6) is 0 Å². The number of para-hydroxylation sites is 1. The molecule has 9 nitrogen and oxygen atoms in total. The van der Waals surface area contributed by atoms with Gasteiger partial charge >= 0.3 is 0 Å². The third-order valence-electron chi connectivity index (χ3n) is 7.38. The van der Waals surface area contributed by atoms with Crippen molar-refractivity contribution in [1.29, 1.82) is 0 Å². The number of hydrogen-bond donors (Lipinski definition) is 1. The van der Waals surface area contributed by atoms with E-state index >= 15 is 0 Å². The van der Waals surface area contributed by atoms with E-state index in [-0.39, 0.29) is 17.2 Å². The van der Waals surface area contributed by atoms with Crippen LogP contribution in [-0.4, -0.2) is 51.8 Å². The van der Waals surface area contributed by atoms with Crippen LogP contribution in [-0.2, 0) is 4.74 Å². The molecule has 2 aliphatic heterocycles. The van der Waals surface area contributed by atoms with Crippen LogP contribution in [0.15, 0.2) is 53.5 Å². The van der Waals surface area contributed by atoms with Crippen molar-refractivity contribution >= 4 is 28.2 Å². The van der Waals surface area contributed by atoms with Gasteiger partial charge in [0.25, 0.3) is 11.5 Å². The molecular formula is C28H28F2N6O3. The molecule has 2 aromatic heterocycles. The molecule has 1 atom stereocenters. The molecule has 2 fully saturated rings. The van der Waals surface area contributed by atoms with Crippen LogP contribution >= 0.6 is 0 Å². The number of carbonyl (C=O) groups is 1. The molecule has 202 valence electrons. The summed E-state index contributed by atoms with van der Waals surface area (Å²) in [6.45, 7) is 7.32. The third-order valence-corrected chi connectivity index (χ3v) is 7.38. The second-order valence-corrected chi connectivity index (χ2v) is 10.8. The van der Waals surface area contributed by atoms with Crippen molar-refractivity contribution in [3.05, 3.63) is 76.3 Å². The number of fused-ring (bicyclic) bond motifs is 1. The molecule has 0 saturated carbocycles. The molecule has 0 unspecified atom stereocenters. The Kier molecular flexibility index (Phi) is 6.17. The van der Waals surface area contributed by atoms with Gasteiger partial charge in [0.1, 0.15) is 11.4 Å². The van der Waals surface area contributed by atoms with E-state index in [0.717, 1.165) is 60.7 Å². The molecule has 6 rings (SSSR count). The summed E-state index contributed by atoms with van der Waals surface area (Å²) in [5, 5.41) is 12.6. The van der Waals surface area contributed by atoms with E-state index in [2.05, 4.69) is 29.2 Å². The number of aromatic nitrogens is 4. The largest absolute Gasteiger partial charge is 0.379 e. The Labute approximate surface area is 223 Å². The number of hydrogen-bond acceptors (Lipinski definition) is 6. The number of ether oxygens (including phenoxy) is 1. The molecule has 0 spiro atoms. The summed E-state index contributed by atoms with van der Waals surface area (Å²) in [6.07, 6.45) is 3.88. The van der Waals surface area contributed by atoms with Gasteiger partial charge in [0, 0.05) is 37.3 Å². The molecule has 0 bridgehead atoms. The summed E-state index contributed by atoms with van der Waals surface area (Å²) in [5.41, 5.74) is 0.751. The molecule has 4 aromatic rings. The number of nitrogens with zero attached hydrogens (tertiary/aromatic N) is 5. The second-order valence-electron chi connectivity index (χ2n) is 10.8. The SMILES string of the molecule is CC1(C)CCN(c2c(NC(=O)c3ccc(=O)n(-c4c(F)cccc4F)n3)ccc3nn([C@@H]4CCOC4)cc23)C1. The molecule has 39 heavy (non-hydrogen) atoms. The van der Waals surface area contributed by atoms with Crippen LogP contribution in [0.2, 0.25) is 0 Å². The summed E-state index contributed by atoms with van der Waals surface area (Å²) in [5.74, 6) is -2.54. The third kappa shape index (κ3) is 4.67. The van der Waals surface area contributed by atoms with Gasteiger partial charge < -0.3 is 15.0 Å². The lowest BCUT2D eigenvalue weighted by Gasteiger charge is -2.25.